The van der Waals surface area contributed by atoms with Crippen LogP contribution < -0.4 is 5.32 Å². The number of hydrogen-bond donors (Lipinski definition) is 1. The van der Waals surface area contributed by atoms with E-state index in [0.29, 0.717) is 19.6 Å². The fourth-order valence-electron chi connectivity index (χ4n) is 2.17. The zero-order valence-electron chi connectivity index (χ0n) is 8.77. The molecule has 0 radical (unpaired) electrons. The first-order valence-electron chi connectivity index (χ1n) is 5.20. The van der Waals surface area contributed by atoms with Gasteiger partial charge in [-0.15, -0.1) is 0 Å². The van der Waals surface area contributed by atoms with Crippen LogP contribution in [0.15, 0.2) is 0 Å². The smallest absolute Gasteiger partial charge is 0.240 e. The van der Waals surface area contributed by atoms with Gasteiger partial charge < -0.3 is 4.90 Å². The van der Waals surface area contributed by atoms with E-state index >= 15 is 0 Å². The average Bonchev–Trinajstić information content (AvgIpc) is 2.63. The van der Waals surface area contributed by atoms with Gasteiger partial charge in [-0.2, -0.15) is 0 Å². The molecule has 0 aromatic heterocycles. The SMILES string of the molecule is CC1NCN(CC2CCS(=O)(=O)C2)C1=O. The molecule has 0 aromatic rings. The van der Waals surface area contributed by atoms with E-state index in [1.165, 1.54) is 0 Å². The van der Waals surface area contributed by atoms with Crippen molar-refractivity contribution in [2.24, 2.45) is 5.92 Å². The number of sulfone groups is 1. The summed E-state index contributed by atoms with van der Waals surface area (Å²) in [6.45, 7) is 2.96. The number of carbonyl (C=O) groups excluding carboxylic acids is 1. The molecule has 15 heavy (non-hydrogen) atoms. The molecule has 0 bridgehead atoms. The molecule has 0 aliphatic carbocycles. The summed E-state index contributed by atoms with van der Waals surface area (Å²) >= 11 is 0. The van der Waals surface area contributed by atoms with Gasteiger partial charge in [-0.1, -0.05) is 0 Å². The molecule has 2 atom stereocenters. The number of amides is 1. The van der Waals surface area contributed by atoms with Gasteiger partial charge in [-0.25, -0.2) is 8.42 Å². The Morgan fingerprint density at radius 1 is 1.53 bits per heavy atom. The highest BCUT2D eigenvalue weighted by molar-refractivity contribution is 7.91. The van der Waals surface area contributed by atoms with Crippen LogP contribution in [0.2, 0.25) is 0 Å². The van der Waals surface area contributed by atoms with Crippen LogP contribution in [0.4, 0.5) is 0 Å². The molecule has 2 heterocycles. The number of hydrogen-bond acceptors (Lipinski definition) is 4. The lowest BCUT2D eigenvalue weighted by Gasteiger charge is -2.18. The summed E-state index contributed by atoms with van der Waals surface area (Å²) in [5.74, 6) is 0.735. The Balaban J connectivity index is 1.91. The van der Waals surface area contributed by atoms with E-state index in [-0.39, 0.29) is 29.4 Å². The second-order valence-electron chi connectivity index (χ2n) is 4.41. The highest BCUT2D eigenvalue weighted by atomic mass is 32.2. The second kappa shape index (κ2) is 3.75. The maximum atomic E-state index is 11.6. The van der Waals surface area contributed by atoms with E-state index in [4.69, 9.17) is 0 Å². The lowest BCUT2D eigenvalue weighted by molar-refractivity contribution is -0.129. The second-order valence-corrected chi connectivity index (χ2v) is 6.64. The van der Waals surface area contributed by atoms with Crippen LogP contribution in [0.5, 0.6) is 0 Å². The summed E-state index contributed by atoms with van der Waals surface area (Å²) in [5.41, 5.74) is 0. The highest BCUT2D eigenvalue weighted by Crippen LogP contribution is 2.20. The first kappa shape index (κ1) is 10.9. The van der Waals surface area contributed by atoms with Gasteiger partial charge in [0.2, 0.25) is 5.91 Å². The third-order valence-electron chi connectivity index (χ3n) is 3.08. The van der Waals surface area contributed by atoms with Crippen LogP contribution in [0.25, 0.3) is 0 Å². The van der Waals surface area contributed by atoms with Crippen LogP contribution in [-0.4, -0.2) is 50.0 Å². The third kappa shape index (κ3) is 2.31. The summed E-state index contributed by atoms with van der Waals surface area (Å²) in [6, 6.07) is -0.122. The number of rotatable bonds is 2. The van der Waals surface area contributed by atoms with Crippen LogP contribution in [0.1, 0.15) is 13.3 Å². The number of nitrogens with one attached hydrogen (secondary N) is 1. The molecule has 6 heteroatoms. The summed E-state index contributed by atoms with van der Waals surface area (Å²) in [5, 5.41) is 3.04. The lowest BCUT2D eigenvalue weighted by Crippen LogP contribution is -2.33. The first-order chi connectivity index (χ1) is 6.98. The minimum Gasteiger partial charge on any atom is -0.328 e. The fraction of sp³-hybridized carbons (Fsp3) is 0.889. The molecule has 2 aliphatic rings. The Bertz CT molecular complexity index is 366. The topological polar surface area (TPSA) is 66.5 Å². The monoisotopic (exact) mass is 232 g/mol. The summed E-state index contributed by atoms with van der Waals surface area (Å²) in [4.78, 5) is 13.3. The van der Waals surface area contributed by atoms with Crippen LogP contribution >= 0.6 is 0 Å². The Morgan fingerprint density at radius 2 is 2.27 bits per heavy atom. The zero-order valence-corrected chi connectivity index (χ0v) is 9.59. The van der Waals surface area contributed by atoms with Gasteiger partial charge in [0, 0.05) is 6.54 Å². The number of nitrogens with zero attached hydrogens (tertiary/aromatic N) is 1. The fourth-order valence-corrected chi connectivity index (χ4v) is 4.02. The van der Waals surface area contributed by atoms with Crippen molar-refractivity contribution in [1.82, 2.24) is 10.2 Å². The maximum Gasteiger partial charge on any atom is 0.240 e. The quantitative estimate of drug-likeness (QED) is 0.677. The molecule has 1 N–H and O–H groups in total. The molecule has 86 valence electrons. The van der Waals surface area contributed by atoms with Crippen LogP contribution in [0.3, 0.4) is 0 Å². The third-order valence-corrected chi connectivity index (χ3v) is 4.91. The van der Waals surface area contributed by atoms with E-state index in [9.17, 15) is 13.2 Å². The van der Waals surface area contributed by atoms with E-state index in [2.05, 4.69) is 5.32 Å². The van der Waals surface area contributed by atoms with Crippen molar-refractivity contribution in [2.75, 3.05) is 24.7 Å². The van der Waals surface area contributed by atoms with E-state index in [1.54, 1.807) is 4.90 Å². The first-order valence-corrected chi connectivity index (χ1v) is 7.03. The molecular formula is C9H16N2O3S. The average molecular weight is 232 g/mol. The van der Waals surface area contributed by atoms with Gasteiger partial charge in [0.05, 0.1) is 24.2 Å². The van der Waals surface area contributed by atoms with Crippen molar-refractivity contribution in [1.29, 1.82) is 0 Å². The number of carbonyl (C=O) groups is 1. The molecular weight excluding hydrogens is 216 g/mol. The van der Waals surface area contributed by atoms with Crippen LogP contribution in [-0.2, 0) is 14.6 Å². The summed E-state index contributed by atoms with van der Waals surface area (Å²) < 4.78 is 22.5. The van der Waals surface area contributed by atoms with Crippen LogP contribution in [0, 0.1) is 5.92 Å². The molecule has 0 aromatic carbocycles. The van der Waals surface area contributed by atoms with Gasteiger partial charge in [0.15, 0.2) is 9.84 Å². The molecule has 2 fully saturated rings. The van der Waals surface area contributed by atoms with Crippen molar-refractivity contribution < 1.29 is 13.2 Å². The van der Waals surface area contributed by atoms with Crippen molar-refractivity contribution in [3.05, 3.63) is 0 Å². The lowest BCUT2D eigenvalue weighted by atomic mass is 10.1. The molecule has 0 spiro atoms. The predicted octanol–water partition coefficient (Wildman–Crippen LogP) is -0.801. The van der Waals surface area contributed by atoms with E-state index in [1.807, 2.05) is 6.92 Å². The molecule has 5 nitrogen and oxygen atoms in total. The minimum absolute atomic E-state index is 0.0827. The Morgan fingerprint density at radius 3 is 2.73 bits per heavy atom. The highest BCUT2D eigenvalue weighted by Gasteiger charge is 2.33. The Labute approximate surface area is 89.7 Å². The molecule has 2 unspecified atom stereocenters. The van der Waals surface area contributed by atoms with Crippen molar-refractivity contribution in [3.8, 4) is 0 Å². The molecule has 2 saturated heterocycles. The van der Waals surface area contributed by atoms with Gasteiger partial charge in [0.1, 0.15) is 0 Å². The Kier molecular flexibility index (Phi) is 2.72. The van der Waals surface area contributed by atoms with Gasteiger partial charge in [-0.05, 0) is 19.3 Å². The maximum absolute atomic E-state index is 11.6. The zero-order chi connectivity index (χ0) is 11.1. The van der Waals surface area contributed by atoms with Crippen molar-refractivity contribution >= 4 is 15.7 Å². The van der Waals surface area contributed by atoms with E-state index in [0.717, 1.165) is 0 Å². The molecule has 2 aliphatic heterocycles. The minimum atomic E-state index is -2.83. The van der Waals surface area contributed by atoms with Gasteiger partial charge >= 0.3 is 0 Å². The predicted molar refractivity (Wildman–Crippen MR) is 55.9 cm³/mol. The van der Waals surface area contributed by atoms with E-state index < -0.39 is 9.84 Å². The molecule has 2 rings (SSSR count). The largest absolute Gasteiger partial charge is 0.328 e. The normalized spacial score (nSPS) is 35.0. The standard InChI is InChI=1S/C9H16N2O3S/c1-7-9(12)11(6-10-7)4-8-2-3-15(13,14)5-8/h7-8,10H,2-6H2,1H3. The summed E-state index contributed by atoms with van der Waals surface area (Å²) in [7, 11) is -2.83. The van der Waals surface area contributed by atoms with Gasteiger partial charge in [-0.3, -0.25) is 10.1 Å². The molecule has 1 amide bonds. The molecule has 0 saturated carbocycles. The Hall–Kier alpha value is -0.620. The van der Waals surface area contributed by atoms with Gasteiger partial charge in [0.25, 0.3) is 0 Å². The van der Waals surface area contributed by atoms with Crippen molar-refractivity contribution in [2.45, 2.75) is 19.4 Å². The van der Waals surface area contributed by atoms with Crippen molar-refractivity contribution in [3.63, 3.8) is 0 Å². The summed E-state index contributed by atoms with van der Waals surface area (Å²) in [6.07, 6.45) is 0.695.